The van der Waals surface area contributed by atoms with E-state index in [0.717, 1.165) is 29.5 Å². The summed E-state index contributed by atoms with van der Waals surface area (Å²) in [6, 6.07) is 14.0. The molecule has 2 aromatic rings. The van der Waals surface area contributed by atoms with E-state index in [-0.39, 0.29) is 17.8 Å². The first-order valence-corrected chi connectivity index (χ1v) is 8.48. The van der Waals surface area contributed by atoms with Crippen LogP contribution in [0.1, 0.15) is 23.2 Å². The molecule has 0 radical (unpaired) electrons. The number of anilines is 1. The van der Waals surface area contributed by atoms with E-state index in [1.54, 1.807) is 24.3 Å². The predicted molar refractivity (Wildman–Crippen MR) is 93.2 cm³/mol. The molecule has 0 spiro atoms. The van der Waals surface area contributed by atoms with Crippen LogP contribution >= 0.6 is 15.9 Å². The summed E-state index contributed by atoms with van der Waals surface area (Å²) in [6.07, 6.45) is 1.91. The van der Waals surface area contributed by atoms with E-state index >= 15 is 0 Å². The molecule has 0 aromatic heterocycles. The summed E-state index contributed by atoms with van der Waals surface area (Å²) in [5, 5.41) is 3.08. The molecule has 5 heteroatoms. The van der Waals surface area contributed by atoms with E-state index < -0.39 is 0 Å². The minimum absolute atomic E-state index is 0.0661. The highest BCUT2D eigenvalue weighted by molar-refractivity contribution is 9.10. The average molecular weight is 377 g/mol. The van der Waals surface area contributed by atoms with Crippen molar-refractivity contribution in [2.24, 2.45) is 0 Å². The lowest BCUT2D eigenvalue weighted by Gasteiger charge is -2.34. The SMILES string of the molecule is O=C(NC1CCCN(c2cccc(F)c2)C1)c1ccc(Br)cc1. The highest BCUT2D eigenvalue weighted by atomic mass is 79.9. The van der Waals surface area contributed by atoms with Gasteiger partial charge in [-0.15, -0.1) is 0 Å². The highest BCUT2D eigenvalue weighted by Gasteiger charge is 2.22. The average Bonchev–Trinajstić information content (AvgIpc) is 2.56. The van der Waals surface area contributed by atoms with Gasteiger partial charge in [0.1, 0.15) is 5.82 Å². The van der Waals surface area contributed by atoms with Crippen molar-refractivity contribution in [2.45, 2.75) is 18.9 Å². The first kappa shape index (κ1) is 16.0. The molecule has 1 heterocycles. The first-order chi connectivity index (χ1) is 11.1. The van der Waals surface area contributed by atoms with Gasteiger partial charge in [-0.1, -0.05) is 22.0 Å². The van der Waals surface area contributed by atoms with Crippen molar-refractivity contribution in [1.82, 2.24) is 5.32 Å². The minimum atomic E-state index is -0.233. The molecule has 1 amide bonds. The van der Waals surface area contributed by atoms with Crippen LogP contribution in [0.2, 0.25) is 0 Å². The number of nitrogens with one attached hydrogen (secondary N) is 1. The lowest BCUT2D eigenvalue weighted by molar-refractivity contribution is 0.0933. The molecule has 1 aliphatic heterocycles. The smallest absolute Gasteiger partial charge is 0.251 e. The molecule has 1 unspecified atom stereocenters. The summed E-state index contributed by atoms with van der Waals surface area (Å²) in [5.74, 6) is -0.299. The topological polar surface area (TPSA) is 32.3 Å². The monoisotopic (exact) mass is 376 g/mol. The van der Waals surface area contributed by atoms with Gasteiger partial charge in [0.15, 0.2) is 0 Å². The lowest BCUT2D eigenvalue weighted by atomic mass is 10.0. The Hall–Kier alpha value is -1.88. The molecule has 2 aromatic carbocycles. The fraction of sp³-hybridized carbons (Fsp3) is 0.278. The number of carbonyl (C=O) groups is 1. The van der Waals surface area contributed by atoms with Gasteiger partial charge in [0.05, 0.1) is 0 Å². The van der Waals surface area contributed by atoms with Crippen molar-refractivity contribution in [2.75, 3.05) is 18.0 Å². The summed E-state index contributed by atoms with van der Waals surface area (Å²) in [4.78, 5) is 14.4. The second-order valence-electron chi connectivity index (χ2n) is 5.75. The molecule has 23 heavy (non-hydrogen) atoms. The van der Waals surface area contributed by atoms with Crippen molar-refractivity contribution in [1.29, 1.82) is 0 Å². The third kappa shape index (κ3) is 4.10. The Morgan fingerprint density at radius 3 is 2.74 bits per heavy atom. The molecule has 3 rings (SSSR count). The molecule has 0 saturated carbocycles. The Morgan fingerprint density at radius 1 is 1.22 bits per heavy atom. The van der Waals surface area contributed by atoms with Gasteiger partial charge in [0.2, 0.25) is 0 Å². The molecule has 1 fully saturated rings. The maximum atomic E-state index is 13.4. The number of piperidine rings is 1. The van der Waals surface area contributed by atoms with E-state index in [2.05, 4.69) is 26.1 Å². The van der Waals surface area contributed by atoms with Crippen LogP contribution in [0, 0.1) is 5.82 Å². The number of hydrogen-bond donors (Lipinski definition) is 1. The second kappa shape index (κ2) is 7.13. The molecule has 0 aliphatic carbocycles. The van der Waals surface area contributed by atoms with Crippen LogP contribution in [-0.4, -0.2) is 25.0 Å². The minimum Gasteiger partial charge on any atom is -0.369 e. The molecule has 1 aliphatic rings. The Balaban J connectivity index is 1.64. The van der Waals surface area contributed by atoms with Gasteiger partial charge < -0.3 is 10.2 Å². The van der Waals surface area contributed by atoms with Crippen LogP contribution in [0.5, 0.6) is 0 Å². The Labute approximate surface area is 143 Å². The zero-order chi connectivity index (χ0) is 16.2. The largest absolute Gasteiger partial charge is 0.369 e. The zero-order valence-corrected chi connectivity index (χ0v) is 14.2. The zero-order valence-electron chi connectivity index (χ0n) is 12.6. The van der Waals surface area contributed by atoms with Gasteiger partial charge in [0.25, 0.3) is 5.91 Å². The van der Waals surface area contributed by atoms with Crippen LogP contribution in [0.25, 0.3) is 0 Å². The Morgan fingerprint density at radius 2 is 2.00 bits per heavy atom. The van der Waals surface area contributed by atoms with Crippen LogP contribution in [0.15, 0.2) is 53.0 Å². The molecule has 120 valence electrons. The lowest BCUT2D eigenvalue weighted by Crippen LogP contribution is -2.47. The molecule has 1 N–H and O–H groups in total. The van der Waals surface area contributed by atoms with Gasteiger partial charge in [-0.25, -0.2) is 4.39 Å². The normalized spacial score (nSPS) is 17.8. The van der Waals surface area contributed by atoms with Gasteiger partial charge >= 0.3 is 0 Å². The number of hydrogen-bond acceptors (Lipinski definition) is 2. The van der Waals surface area contributed by atoms with Crippen LogP contribution in [-0.2, 0) is 0 Å². The molecule has 0 bridgehead atoms. The van der Waals surface area contributed by atoms with Gasteiger partial charge in [-0.3, -0.25) is 4.79 Å². The van der Waals surface area contributed by atoms with Crippen molar-refractivity contribution in [3.8, 4) is 0 Å². The highest BCUT2D eigenvalue weighted by Crippen LogP contribution is 2.21. The first-order valence-electron chi connectivity index (χ1n) is 7.69. The third-order valence-corrected chi connectivity index (χ3v) is 4.57. The van der Waals surface area contributed by atoms with Crippen molar-refractivity contribution in [3.05, 3.63) is 64.4 Å². The van der Waals surface area contributed by atoms with E-state index in [1.165, 1.54) is 6.07 Å². The van der Waals surface area contributed by atoms with Crippen molar-refractivity contribution in [3.63, 3.8) is 0 Å². The number of carbonyl (C=O) groups excluding carboxylic acids is 1. The van der Waals surface area contributed by atoms with Gasteiger partial charge in [-0.2, -0.15) is 0 Å². The van der Waals surface area contributed by atoms with Crippen LogP contribution in [0.4, 0.5) is 10.1 Å². The molecule has 1 atom stereocenters. The molecular formula is C18H18BrFN2O. The summed E-state index contributed by atoms with van der Waals surface area (Å²) in [7, 11) is 0. The summed E-state index contributed by atoms with van der Waals surface area (Å²) in [6.45, 7) is 1.58. The maximum absolute atomic E-state index is 13.4. The van der Waals surface area contributed by atoms with E-state index in [0.29, 0.717) is 12.1 Å². The van der Waals surface area contributed by atoms with Crippen molar-refractivity contribution < 1.29 is 9.18 Å². The second-order valence-corrected chi connectivity index (χ2v) is 6.66. The van der Waals surface area contributed by atoms with E-state index in [9.17, 15) is 9.18 Å². The number of rotatable bonds is 3. The number of benzene rings is 2. The maximum Gasteiger partial charge on any atom is 0.251 e. The number of amides is 1. The fourth-order valence-electron chi connectivity index (χ4n) is 2.87. The van der Waals surface area contributed by atoms with E-state index in [1.807, 2.05) is 18.2 Å². The summed E-state index contributed by atoms with van der Waals surface area (Å²) in [5.41, 5.74) is 1.52. The van der Waals surface area contributed by atoms with Crippen LogP contribution in [0.3, 0.4) is 0 Å². The standard InChI is InChI=1S/C18H18BrFN2O/c19-14-8-6-13(7-9-14)18(23)21-16-4-2-10-22(12-16)17-5-1-3-15(20)11-17/h1,3,5-9,11,16H,2,4,10,12H2,(H,21,23). The Bertz CT molecular complexity index is 690. The summed E-state index contributed by atoms with van der Waals surface area (Å²) >= 11 is 3.36. The third-order valence-electron chi connectivity index (χ3n) is 4.04. The molecule has 3 nitrogen and oxygen atoms in total. The number of halogens is 2. The van der Waals surface area contributed by atoms with Crippen molar-refractivity contribution >= 4 is 27.5 Å². The number of nitrogens with zero attached hydrogens (tertiary/aromatic N) is 1. The van der Waals surface area contributed by atoms with Gasteiger partial charge in [0, 0.05) is 34.9 Å². The quantitative estimate of drug-likeness (QED) is 0.878. The van der Waals surface area contributed by atoms with E-state index in [4.69, 9.17) is 0 Å². The predicted octanol–water partition coefficient (Wildman–Crippen LogP) is 3.99. The molecule has 1 saturated heterocycles. The fourth-order valence-corrected chi connectivity index (χ4v) is 3.14. The van der Waals surface area contributed by atoms with Crippen LogP contribution < -0.4 is 10.2 Å². The Kier molecular flexibility index (Phi) is 4.96. The van der Waals surface area contributed by atoms with Gasteiger partial charge in [-0.05, 0) is 55.3 Å². The summed E-state index contributed by atoms with van der Waals surface area (Å²) < 4.78 is 14.3. The molecular weight excluding hydrogens is 359 g/mol.